The number of ether oxygens (including phenoxy) is 1. The van der Waals surface area contributed by atoms with Gasteiger partial charge in [-0.15, -0.1) is 0 Å². The van der Waals surface area contributed by atoms with Gasteiger partial charge in [0.05, 0.1) is 6.61 Å². The quantitative estimate of drug-likeness (QED) is 0.286. The molecule has 0 aliphatic rings. The van der Waals surface area contributed by atoms with Crippen LogP contribution in [0.3, 0.4) is 0 Å². The number of benzene rings is 4. The maximum Gasteiger partial charge on any atom is 0.201 e. The van der Waals surface area contributed by atoms with Crippen molar-refractivity contribution in [3.63, 3.8) is 0 Å². The number of aryl methyl sites for hydroxylation is 2. The molecule has 0 fully saturated rings. The average Bonchev–Trinajstić information content (AvgIpc) is 2.84. The Morgan fingerprint density at radius 1 is 0.618 bits per heavy atom. The van der Waals surface area contributed by atoms with Crippen LogP contribution in [0.4, 0.5) is 17.6 Å². The molecule has 0 aromatic heterocycles. The molecule has 6 heteroatoms. The van der Waals surface area contributed by atoms with Gasteiger partial charge in [0.1, 0.15) is 5.75 Å². The molecule has 174 valence electrons. The van der Waals surface area contributed by atoms with E-state index in [0.717, 1.165) is 5.56 Å². The maximum absolute atomic E-state index is 14.7. The molecule has 4 aromatic rings. The summed E-state index contributed by atoms with van der Waals surface area (Å²) in [7, 11) is 0. The van der Waals surface area contributed by atoms with Crippen LogP contribution in [0.15, 0.2) is 72.8 Å². The molecule has 0 amide bonds. The van der Waals surface area contributed by atoms with Crippen LogP contribution in [0.25, 0.3) is 22.3 Å². The van der Waals surface area contributed by atoms with E-state index in [1.807, 2.05) is 0 Å². The molecule has 0 unspecified atom stereocenters. The summed E-state index contributed by atoms with van der Waals surface area (Å²) < 4.78 is 63.0. The van der Waals surface area contributed by atoms with Gasteiger partial charge in [-0.1, -0.05) is 48.5 Å². The molecule has 0 saturated heterocycles. The van der Waals surface area contributed by atoms with Gasteiger partial charge in [0.25, 0.3) is 0 Å². The van der Waals surface area contributed by atoms with E-state index in [9.17, 15) is 22.7 Å². The minimum atomic E-state index is -1.03. The molecule has 1 N–H and O–H groups in total. The highest BCUT2D eigenvalue weighted by Crippen LogP contribution is 2.31. The second-order valence-corrected chi connectivity index (χ2v) is 7.82. The van der Waals surface area contributed by atoms with Gasteiger partial charge >= 0.3 is 0 Å². The summed E-state index contributed by atoms with van der Waals surface area (Å²) >= 11 is 0. The molecular weight excluding hydrogens is 444 g/mol. The van der Waals surface area contributed by atoms with Crippen LogP contribution in [0.1, 0.15) is 18.1 Å². The van der Waals surface area contributed by atoms with E-state index in [0.29, 0.717) is 17.5 Å². The fraction of sp³-hybridized carbons (Fsp3) is 0.143. The minimum Gasteiger partial charge on any atom is -0.508 e. The van der Waals surface area contributed by atoms with Crippen molar-refractivity contribution in [3.05, 3.63) is 107 Å². The van der Waals surface area contributed by atoms with Crippen molar-refractivity contribution in [3.8, 4) is 33.8 Å². The number of aromatic hydroxyl groups is 1. The van der Waals surface area contributed by atoms with Gasteiger partial charge in [-0.05, 0) is 66.3 Å². The Kier molecular flexibility index (Phi) is 6.87. The van der Waals surface area contributed by atoms with E-state index in [2.05, 4.69) is 0 Å². The summed E-state index contributed by atoms with van der Waals surface area (Å²) in [5.74, 6) is -3.95. The molecule has 0 aliphatic heterocycles. The third-order valence-electron chi connectivity index (χ3n) is 5.64. The minimum absolute atomic E-state index is 0.0441. The Morgan fingerprint density at radius 3 is 1.79 bits per heavy atom. The molecule has 4 rings (SSSR count). The maximum atomic E-state index is 14.7. The van der Waals surface area contributed by atoms with Crippen molar-refractivity contribution in [2.45, 2.75) is 19.8 Å². The van der Waals surface area contributed by atoms with Gasteiger partial charge in [0, 0.05) is 11.1 Å². The highest BCUT2D eigenvalue weighted by Gasteiger charge is 2.17. The van der Waals surface area contributed by atoms with Crippen LogP contribution in [0.5, 0.6) is 11.5 Å². The topological polar surface area (TPSA) is 29.5 Å². The predicted molar refractivity (Wildman–Crippen MR) is 124 cm³/mol. The van der Waals surface area contributed by atoms with Crippen molar-refractivity contribution in [1.29, 1.82) is 0 Å². The van der Waals surface area contributed by atoms with Gasteiger partial charge < -0.3 is 9.84 Å². The zero-order valence-corrected chi connectivity index (χ0v) is 18.4. The third kappa shape index (κ3) is 4.76. The molecule has 0 aliphatic carbocycles. The monoisotopic (exact) mass is 466 g/mol. The van der Waals surface area contributed by atoms with Crippen molar-refractivity contribution < 1.29 is 27.4 Å². The molecule has 0 atom stereocenters. The number of hydrogen-bond acceptors (Lipinski definition) is 2. The number of rotatable bonds is 7. The lowest BCUT2D eigenvalue weighted by Gasteiger charge is -2.11. The zero-order valence-electron chi connectivity index (χ0n) is 18.4. The van der Waals surface area contributed by atoms with Crippen LogP contribution in [0, 0.1) is 23.3 Å². The van der Waals surface area contributed by atoms with E-state index in [4.69, 9.17) is 4.74 Å². The van der Waals surface area contributed by atoms with E-state index in [1.54, 1.807) is 37.3 Å². The summed E-state index contributed by atoms with van der Waals surface area (Å²) in [6.07, 6.45) is 0.708. The van der Waals surface area contributed by atoms with Crippen LogP contribution in [-0.2, 0) is 12.8 Å². The molecule has 0 bridgehead atoms. The van der Waals surface area contributed by atoms with Gasteiger partial charge in [-0.3, -0.25) is 0 Å². The largest absolute Gasteiger partial charge is 0.508 e. The van der Waals surface area contributed by atoms with E-state index < -0.39 is 23.3 Å². The summed E-state index contributed by atoms with van der Waals surface area (Å²) in [5.41, 5.74) is 2.29. The molecule has 2 nitrogen and oxygen atoms in total. The number of halogens is 4. The SMILES string of the molecule is CCOc1ccc(-c2ccc(CCc3ccc(-c4ccc(O)cc4)c(F)c3F)cc2)c(F)c1F. The Labute approximate surface area is 195 Å². The van der Waals surface area contributed by atoms with Gasteiger partial charge in [0.2, 0.25) is 5.82 Å². The lowest BCUT2D eigenvalue weighted by molar-refractivity contribution is 0.314. The lowest BCUT2D eigenvalue weighted by atomic mass is 9.97. The normalized spacial score (nSPS) is 11.0. The van der Waals surface area contributed by atoms with Crippen molar-refractivity contribution >= 4 is 0 Å². The number of phenols is 1. The number of hydrogen-bond donors (Lipinski definition) is 1. The van der Waals surface area contributed by atoms with Gasteiger partial charge in [-0.25, -0.2) is 13.2 Å². The second kappa shape index (κ2) is 10.00. The van der Waals surface area contributed by atoms with Crippen molar-refractivity contribution in [2.24, 2.45) is 0 Å². The first-order valence-electron chi connectivity index (χ1n) is 10.9. The van der Waals surface area contributed by atoms with Crippen molar-refractivity contribution in [2.75, 3.05) is 6.61 Å². The summed E-state index contributed by atoms with van der Waals surface area (Å²) in [6.45, 7) is 1.92. The summed E-state index contributed by atoms with van der Waals surface area (Å²) in [6, 6.07) is 18.6. The molecular formula is C28H22F4O2. The van der Waals surface area contributed by atoms with E-state index in [1.165, 1.54) is 42.5 Å². The molecule has 34 heavy (non-hydrogen) atoms. The first kappa shape index (κ1) is 23.4. The summed E-state index contributed by atoms with van der Waals surface area (Å²) in [4.78, 5) is 0. The Hall–Kier alpha value is -3.80. The van der Waals surface area contributed by atoms with Crippen molar-refractivity contribution in [1.82, 2.24) is 0 Å². The highest BCUT2D eigenvalue weighted by molar-refractivity contribution is 5.66. The fourth-order valence-corrected chi connectivity index (χ4v) is 3.80. The van der Waals surface area contributed by atoms with E-state index in [-0.39, 0.29) is 41.2 Å². The van der Waals surface area contributed by atoms with Crippen LogP contribution >= 0.6 is 0 Å². The summed E-state index contributed by atoms with van der Waals surface area (Å²) in [5, 5.41) is 9.38. The second-order valence-electron chi connectivity index (χ2n) is 7.82. The fourth-order valence-electron chi connectivity index (χ4n) is 3.80. The van der Waals surface area contributed by atoms with Gasteiger partial charge in [-0.2, -0.15) is 4.39 Å². The number of phenolic OH excluding ortho intramolecular Hbond substituents is 1. The Balaban J connectivity index is 1.48. The molecule has 0 heterocycles. The molecule has 0 saturated carbocycles. The van der Waals surface area contributed by atoms with Crippen LogP contribution in [0.2, 0.25) is 0 Å². The Bertz CT molecular complexity index is 1300. The third-order valence-corrected chi connectivity index (χ3v) is 5.64. The molecule has 0 spiro atoms. The molecule has 4 aromatic carbocycles. The molecule has 0 radical (unpaired) electrons. The standard InChI is InChI=1S/C28H22F4O2/c1-2-34-24-16-15-23(27(31)28(24)32)18-6-3-17(4-7-18)5-8-20-11-14-22(26(30)25(20)29)19-9-12-21(33)13-10-19/h3-4,6-7,9-16,33H,2,5,8H2,1H3. The smallest absolute Gasteiger partial charge is 0.201 e. The van der Waals surface area contributed by atoms with Gasteiger partial charge in [0.15, 0.2) is 23.2 Å². The first-order valence-corrected chi connectivity index (χ1v) is 10.9. The van der Waals surface area contributed by atoms with E-state index >= 15 is 0 Å². The van der Waals surface area contributed by atoms with Crippen LogP contribution < -0.4 is 4.74 Å². The van der Waals surface area contributed by atoms with Crippen LogP contribution in [-0.4, -0.2) is 11.7 Å². The predicted octanol–water partition coefficient (Wildman–Crippen LogP) is 7.47. The first-order chi connectivity index (χ1) is 16.4. The zero-order chi connectivity index (χ0) is 24.2. The highest BCUT2D eigenvalue weighted by atomic mass is 19.2. The Morgan fingerprint density at radius 2 is 1.18 bits per heavy atom. The average molecular weight is 466 g/mol. The lowest BCUT2D eigenvalue weighted by Crippen LogP contribution is -2.00.